The Balaban J connectivity index is 0.000000280. The summed E-state index contributed by atoms with van der Waals surface area (Å²) in [6.45, 7) is 13.3. The monoisotopic (exact) mass is 402 g/mol. The van der Waals surface area contributed by atoms with Crippen LogP contribution in [0.1, 0.15) is 67.2 Å². The van der Waals surface area contributed by atoms with E-state index in [-0.39, 0.29) is 18.3 Å². The number of rotatable bonds is 0. The van der Waals surface area contributed by atoms with Crippen molar-refractivity contribution in [1.82, 2.24) is 9.80 Å². The van der Waals surface area contributed by atoms with Gasteiger partial charge in [-0.1, -0.05) is 0 Å². The van der Waals surface area contributed by atoms with Crippen LogP contribution >= 0.6 is 0 Å². The summed E-state index contributed by atoms with van der Waals surface area (Å²) in [5.41, 5.74) is -0.896. The number of hydrogen-bond donors (Lipinski definition) is 2. The van der Waals surface area contributed by atoms with Gasteiger partial charge in [0.1, 0.15) is 11.2 Å². The number of aliphatic hydroxyl groups excluding tert-OH is 2. The Hall–Kier alpha value is -1.54. The van der Waals surface area contributed by atoms with Crippen LogP contribution in [0, 0.1) is 0 Å². The molecule has 1 atom stereocenters. The predicted molar refractivity (Wildman–Crippen MR) is 106 cm³/mol. The third kappa shape index (κ3) is 10.1. The van der Waals surface area contributed by atoms with Gasteiger partial charge < -0.3 is 29.5 Å². The van der Waals surface area contributed by atoms with E-state index in [1.807, 2.05) is 41.5 Å². The lowest BCUT2D eigenvalue weighted by Crippen LogP contribution is -2.44. The predicted octanol–water partition coefficient (Wildman–Crippen LogP) is 2.76. The molecule has 0 aromatic carbocycles. The summed E-state index contributed by atoms with van der Waals surface area (Å²) in [5, 5.41) is 18.6. The van der Waals surface area contributed by atoms with Crippen molar-refractivity contribution < 1.29 is 29.3 Å². The first-order valence-corrected chi connectivity index (χ1v) is 10.1. The molecule has 0 aromatic heterocycles. The molecule has 8 heteroatoms. The lowest BCUT2D eigenvalue weighted by molar-refractivity contribution is 0.00381. The van der Waals surface area contributed by atoms with Crippen molar-refractivity contribution in [2.45, 2.75) is 90.6 Å². The van der Waals surface area contributed by atoms with Crippen LogP contribution in [-0.2, 0) is 9.47 Å². The van der Waals surface area contributed by atoms with Crippen molar-refractivity contribution in [2.24, 2.45) is 0 Å². The minimum Gasteiger partial charge on any atom is -0.444 e. The van der Waals surface area contributed by atoms with Gasteiger partial charge >= 0.3 is 12.2 Å². The number of nitrogens with zero attached hydrogens (tertiary/aromatic N) is 2. The van der Waals surface area contributed by atoms with Crippen molar-refractivity contribution in [2.75, 3.05) is 26.2 Å². The van der Waals surface area contributed by atoms with Gasteiger partial charge in [-0.3, -0.25) is 0 Å². The number of aliphatic hydroxyl groups is 2. The highest BCUT2D eigenvalue weighted by Crippen LogP contribution is 2.16. The SMILES string of the molecule is CC(C)(C)OC(=O)N1CCC(O)CC1.CC(C)(C)OC(=O)N1CCCC(O)C1. The lowest BCUT2D eigenvalue weighted by Gasteiger charge is -2.32. The third-order valence-corrected chi connectivity index (χ3v) is 4.16. The van der Waals surface area contributed by atoms with Gasteiger partial charge in [0, 0.05) is 26.2 Å². The first-order valence-electron chi connectivity index (χ1n) is 10.1. The second-order valence-corrected chi connectivity index (χ2v) is 9.42. The summed E-state index contributed by atoms with van der Waals surface area (Å²) in [7, 11) is 0. The molecule has 2 aliphatic rings. The average molecular weight is 403 g/mol. The van der Waals surface area contributed by atoms with E-state index < -0.39 is 17.3 Å². The quantitative estimate of drug-likeness (QED) is 0.646. The number of piperidine rings is 2. The molecule has 164 valence electrons. The van der Waals surface area contributed by atoms with E-state index in [1.165, 1.54) is 0 Å². The summed E-state index contributed by atoms with van der Waals surface area (Å²) in [6.07, 6.45) is 1.68. The number of carbonyl (C=O) groups excluding carboxylic acids is 2. The van der Waals surface area contributed by atoms with Gasteiger partial charge in [0.25, 0.3) is 0 Å². The van der Waals surface area contributed by atoms with E-state index in [0.717, 1.165) is 12.8 Å². The fraction of sp³-hybridized carbons (Fsp3) is 0.900. The van der Waals surface area contributed by atoms with Crippen molar-refractivity contribution in [1.29, 1.82) is 0 Å². The summed E-state index contributed by atoms with van der Waals surface area (Å²) in [4.78, 5) is 26.3. The molecule has 2 aliphatic heterocycles. The van der Waals surface area contributed by atoms with Gasteiger partial charge in [-0.15, -0.1) is 0 Å². The molecule has 2 fully saturated rings. The zero-order valence-electron chi connectivity index (χ0n) is 18.2. The van der Waals surface area contributed by atoms with Crippen LogP contribution in [0.5, 0.6) is 0 Å². The van der Waals surface area contributed by atoms with Crippen LogP contribution in [0.4, 0.5) is 9.59 Å². The molecular weight excluding hydrogens is 364 g/mol. The molecule has 0 saturated carbocycles. The summed E-state index contributed by atoms with van der Waals surface area (Å²) in [6, 6.07) is 0. The smallest absolute Gasteiger partial charge is 0.410 e. The second kappa shape index (κ2) is 10.3. The van der Waals surface area contributed by atoms with E-state index in [4.69, 9.17) is 9.47 Å². The maximum atomic E-state index is 11.6. The minimum atomic E-state index is -0.459. The first kappa shape index (κ1) is 24.5. The highest BCUT2D eigenvalue weighted by Gasteiger charge is 2.27. The largest absolute Gasteiger partial charge is 0.444 e. The van der Waals surface area contributed by atoms with Crippen LogP contribution in [0.15, 0.2) is 0 Å². The topological polar surface area (TPSA) is 99.5 Å². The fourth-order valence-electron chi connectivity index (χ4n) is 2.82. The van der Waals surface area contributed by atoms with Gasteiger partial charge in [0.05, 0.1) is 12.2 Å². The molecule has 0 aliphatic carbocycles. The van der Waals surface area contributed by atoms with Crippen LogP contribution in [-0.4, -0.2) is 81.8 Å². The van der Waals surface area contributed by atoms with Crippen LogP contribution in [0.25, 0.3) is 0 Å². The maximum absolute atomic E-state index is 11.6. The highest BCUT2D eigenvalue weighted by atomic mass is 16.6. The van der Waals surface area contributed by atoms with E-state index in [9.17, 15) is 19.8 Å². The standard InChI is InChI=1S/2C10H19NO3/c1-10(2,3)14-9(13)11-6-4-8(12)5-7-11;1-10(2,3)14-9(13)11-6-4-5-8(12)7-11/h2*8,12H,4-7H2,1-3H3. The van der Waals surface area contributed by atoms with Crippen LogP contribution in [0.3, 0.4) is 0 Å². The van der Waals surface area contributed by atoms with Gasteiger partial charge in [-0.25, -0.2) is 9.59 Å². The Kier molecular flexibility index (Phi) is 9.01. The zero-order chi connectivity index (χ0) is 21.5. The highest BCUT2D eigenvalue weighted by molar-refractivity contribution is 5.68. The number of likely N-dealkylation sites (tertiary alicyclic amines) is 2. The fourth-order valence-corrected chi connectivity index (χ4v) is 2.82. The molecule has 0 radical (unpaired) electrons. The first-order chi connectivity index (χ1) is 12.8. The van der Waals surface area contributed by atoms with Gasteiger partial charge in [0.15, 0.2) is 0 Å². The van der Waals surface area contributed by atoms with Gasteiger partial charge in [-0.2, -0.15) is 0 Å². The number of β-amino-alcohol motifs (C(OH)–C–C–N with tert-alkyl or cyclic N) is 1. The number of carbonyl (C=O) groups is 2. The molecule has 28 heavy (non-hydrogen) atoms. The van der Waals surface area contributed by atoms with Crippen molar-refractivity contribution in [3.05, 3.63) is 0 Å². The summed E-state index contributed by atoms with van der Waals surface area (Å²) in [5.74, 6) is 0. The molecular formula is C20H38N2O6. The molecule has 0 aromatic rings. The summed E-state index contributed by atoms with van der Waals surface area (Å²) >= 11 is 0. The molecule has 1 unspecified atom stereocenters. The normalized spacial score (nSPS) is 21.5. The zero-order valence-corrected chi connectivity index (χ0v) is 18.2. The lowest BCUT2D eigenvalue weighted by atomic mass is 10.1. The van der Waals surface area contributed by atoms with E-state index >= 15 is 0 Å². The summed E-state index contributed by atoms with van der Waals surface area (Å²) < 4.78 is 10.4. The van der Waals surface area contributed by atoms with Crippen molar-refractivity contribution in [3.8, 4) is 0 Å². The Labute approximate surface area is 168 Å². The van der Waals surface area contributed by atoms with Crippen LogP contribution < -0.4 is 0 Å². The number of ether oxygens (including phenoxy) is 2. The van der Waals surface area contributed by atoms with E-state index in [2.05, 4.69) is 0 Å². The van der Waals surface area contributed by atoms with Gasteiger partial charge in [-0.05, 0) is 67.2 Å². The maximum Gasteiger partial charge on any atom is 0.410 e. The number of hydrogen-bond acceptors (Lipinski definition) is 6. The molecule has 2 amide bonds. The van der Waals surface area contributed by atoms with Crippen molar-refractivity contribution in [3.63, 3.8) is 0 Å². The Morgan fingerprint density at radius 2 is 1.21 bits per heavy atom. The molecule has 2 heterocycles. The second-order valence-electron chi connectivity index (χ2n) is 9.42. The molecule has 8 nitrogen and oxygen atoms in total. The van der Waals surface area contributed by atoms with E-state index in [1.54, 1.807) is 9.80 Å². The molecule has 0 spiro atoms. The van der Waals surface area contributed by atoms with Crippen LogP contribution in [0.2, 0.25) is 0 Å². The van der Waals surface area contributed by atoms with Gasteiger partial charge in [0.2, 0.25) is 0 Å². The Morgan fingerprint density at radius 1 is 0.750 bits per heavy atom. The molecule has 2 saturated heterocycles. The molecule has 2 N–H and O–H groups in total. The number of amides is 2. The Morgan fingerprint density at radius 3 is 1.64 bits per heavy atom. The molecule has 0 bridgehead atoms. The average Bonchev–Trinajstić information content (AvgIpc) is 2.53. The Bertz CT molecular complexity index is 504. The minimum absolute atomic E-state index is 0.256. The molecule has 2 rings (SSSR count). The van der Waals surface area contributed by atoms with E-state index in [0.29, 0.717) is 39.0 Å². The van der Waals surface area contributed by atoms with Crippen molar-refractivity contribution >= 4 is 12.2 Å². The third-order valence-electron chi connectivity index (χ3n) is 4.16.